The van der Waals surface area contributed by atoms with Gasteiger partial charge in [-0.3, -0.25) is 14.4 Å². The van der Waals surface area contributed by atoms with Crippen LogP contribution in [0.1, 0.15) is 33.5 Å². The number of hydrogen-bond acceptors (Lipinski definition) is 7. The fourth-order valence-corrected chi connectivity index (χ4v) is 4.19. The number of hydrazone groups is 1. The molecule has 0 fully saturated rings. The first-order valence-corrected chi connectivity index (χ1v) is 11.9. The number of carbonyl (C=O) groups is 3. The van der Waals surface area contributed by atoms with Crippen LogP contribution in [0.25, 0.3) is 0 Å². The Kier molecular flexibility index (Phi) is 8.15. The molecular formula is C28H29N5O4. The van der Waals surface area contributed by atoms with Crippen LogP contribution in [-0.4, -0.2) is 48.6 Å². The Morgan fingerprint density at radius 3 is 2.59 bits per heavy atom. The van der Waals surface area contributed by atoms with Gasteiger partial charge in [-0.15, -0.1) is 0 Å². The minimum atomic E-state index is -0.750. The van der Waals surface area contributed by atoms with E-state index in [-0.39, 0.29) is 18.2 Å². The Hall–Kier alpha value is -4.66. The van der Waals surface area contributed by atoms with Gasteiger partial charge >= 0.3 is 5.97 Å². The van der Waals surface area contributed by atoms with Crippen LogP contribution in [0.3, 0.4) is 0 Å². The normalized spacial score (nSPS) is 15.0. The molecule has 2 amide bonds. The van der Waals surface area contributed by atoms with Gasteiger partial charge in [0.25, 0.3) is 5.91 Å². The third kappa shape index (κ3) is 6.52. The van der Waals surface area contributed by atoms with Crippen molar-refractivity contribution in [3.05, 3.63) is 95.1 Å². The summed E-state index contributed by atoms with van der Waals surface area (Å²) in [7, 11) is 1.30. The lowest BCUT2D eigenvalue weighted by Gasteiger charge is -2.24. The quantitative estimate of drug-likeness (QED) is 0.189. The Bertz CT molecular complexity index is 1290. The molecule has 0 radical (unpaired) electrons. The monoisotopic (exact) mass is 499 g/mol. The molecule has 1 aliphatic heterocycles. The Labute approximate surface area is 215 Å². The number of fused-ring (bicyclic) bond motifs is 1. The molecule has 4 rings (SSSR count). The van der Waals surface area contributed by atoms with Crippen LogP contribution in [0.15, 0.2) is 77.9 Å². The van der Waals surface area contributed by atoms with E-state index in [9.17, 15) is 14.4 Å². The molecule has 3 aromatic carbocycles. The third-order valence-electron chi connectivity index (χ3n) is 6.17. The standard InChI is InChI=1S/C28H29N5O4/c1-37-26(34)16-25-28(36)33(14-13-19-5-3-2-4-6-19)18-22-15-23(11-12-24(22)32-25)31-27(35)21-9-7-20(8-10-21)17-30-29/h2-12,15,17,25,32H,13-14,16,18,29H2,1H3,(H,31,35). The van der Waals surface area contributed by atoms with Crippen molar-refractivity contribution in [2.24, 2.45) is 10.9 Å². The SMILES string of the molecule is COC(=O)CC1Nc2ccc(NC(=O)c3ccc(C=NN)cc3)cc2CN(CCc2ccccc2)C1=O. The van der Waals surface area contributed by atoms with Gasteiger partial charge in [0.05, 0.1) is 19.7 Å². The lowest BCUT2D eigenvalue weighted by atomic mass is 10.1. The molecular weight excluding hydrogens is 470 g/mol. The lowest BCUT2D eigenvalue weighted by molar-refractivity contribution is -0.144. The topological polar surface area (TPSA) is 126 Å². The zero-order chi connectivity index (χ0) is 26.2. The lowest BCUT2D eigenvalue weighted by Crippen LogP contribution is -2.42. The van der Waals surface area contributed by atoms with E-state index in [0.717, 1.165) is 22.4 Å². The summed E-state index contributed by atoms with van der Waals surface area (Å²) in [5.74, 6) is 4.26. The molecule has 1 atom stereocenters. The third-order valence-corrected chi connectivity index (χ3v) is 6.17. The van der Waals surface area contributed by atoms with Crippen molar-refractivity contribution in [3.63, 3.8) is 0 Å². The van der Waals surface area contributed by atoms with Crippen LogP contribution in [0, 0.1) is 0 Å². The molecule has 9 nitrogen and oxygen atoms in total. The van der Waals surface area contributed by atoms with Gasteiger partial charge in [0.1, 0.15) is 6.04 Å². The number of hydrogen-bond donors (Lipinski definition) is 3. The molecule has 0 spiro atoms. The molecule has 0 saturated heterocycles. The van der Waals surface area contributed by atoms with Gasteiger partial charge in [0.2, 0.25) is 5.91 Å². The zero-order valence-corrected chi connectivity index (χ0v) is 20.5. The maximum Gasteiger partial charge on any atom is 0.308 e. The van der Waals surface area contributed by atoms with E-state index in [1.165, 1.54) is 13.3 Å². The second kappa shape index (κ2) is 11.9. The van der Waals surface area contributed by atoms with Crippen LogP contribution in [-0.2, 0) is 27.3 Å². The number of rotatable bonds is 8. The molecule has 3 aromatic rings. The summed E-state index contributed by atoms with van der Waals surface area (Å²) >= 11 is 0. The zero-order valence-electron chi connectivity index (χ0n) is 20.5. The minimum Gasteiger partial charge on any atom is -0.469 e. The Morgan fingerprint density at radius 1 is 1.14 bits per heavy atom. The number of benzene rings is 3. The summed E-state index contributed by atoms with van der Waals surface area (Å²) in [4.78, 5) is 39.9. The van der Waals surface area contributed by atoms with Gasteiger partial charge < -0.3 is 26.1 Å². The Balaban J connectivity index is 1.55. The maximum absolute atomic E-state index is 13.4. The predicted octanol–water partition coefficient (Wildman–Crippen LogP) is 3.16. The van der Waals surface area contributed by atoms with E-state index in [2.05, 4.69) is 15.7 Å². The van der Waals surface area contributed by atoms with Crippen LogP contribution in [0.4, 0.5) is 11.4 Å². The number of nitrogens with zero attached hydrogens (tertiary/aromatic N) is 2. The molecule has 1 aliphatic rings. The van der Waals surface area contributed by atoms with E-state index in [1.54, 1.807) is 35.2 Å². The summed E-state index contributed by atoms with van der Waals surface area (Å²) in [5.41, 5.74) is 4.55. The van der Waals surface area contributed by atoms with E-state index in [4.69, 9.17) is 10.6 Å². The first-order chi connectivity index (χ1) is 18.0. The van der Waals surface area contributed by atoms with Gasteiger partial charge in [-0.2, -0.15) is 5.10 Å². The fourth-order valence-electron chi connectivity index (χ4n) is 4.19. The number of anilines is 2. The average Bonchev–Trinajstić information content (AvgIpc) is 3.04. The highest BCUT2D eigenvalue weighted by atomic mass is 16.5. The smallest absolute Gasteiger partial charge is 0.308 e. The largest absolute Gasteiger partial charge is 0.469 e. The number of esters is 1. The summed E-state index contributed by atoms with van der Waals surface area (Å²) < 4.78 is 4.81. The highest BCUT2D eigenvalue weighted by Gasteiger charge is 2.31. The summed E-state index contributed by atoms with van der Waals surface area (Å²) in [6, 6.07) is 21.5. The number of methoxy groups -OCH3 is 1. The van der Waals surface area contributed by atoms with E-state index < -0.39 is 12.0 Å². The average molecular weight is 500 g/mol. The molecule has 4 N–H and O–H groups in total. The molecule has 9 heteroatoms. The Morgan fingerprint density at radius 2 is 1.89 bits per heavy atom. The minimum absolute atomic E-state index is 0.0834. The molecule has 37 heavy (non-hydrogen) atoms. The number of ether oxygens (including phenoxy) is 1. The van der Waals surface area contributed by atoms with Crippen molar-refractivity contribution in [1.82, 2.24) is 4.90 Å². The molecule has 1 unspecified atom stereocenters. The van der Waals surface area contributed by atoms with Gasteiger partial charge in [0.15, 0.2) is 0 Å². The number of carbonyl (C=O) groups excluding carboxylic acids is 3. The molecule has 0 bridgehead atoms. The van der Waals surface area contributed by atoms with Crippen molar-refractivity contribution in [2.75, 3.05) is 24.3 Å². The number of amides is 2. The fraction of sp³-hybridized carbons (Fsp3) is 0.214. The molecule has 190 valence electrons. The summed E-state index contributed by atoms with van der Waals surface area (Å²) in [6.45, 7) is 0.819. The number of nitrogens with one attached hydrogen (secondary N) is 2. The first-order valence-electron chi connectivity index (χ1n) is 11.9. The van der Waals surface area contributed by atoms with Crippen molar-refractivity contribution >= 4 is 35.4 Å². The van der Waals surface area contributed by atoms with Crippen LogP contribution >= 0.6 is 0 Å². The first kappa shape index (κ1) is 25.4. The van der Waals surface area contributed by atoms with E-state index >= 15 is 0 Å². The van der Waals surface area contributed by atoms with Crippen molar-refractivity contribution in [3.8, 4) is 0 Å². The van der Waals surface area contributed by atoms with Gasteiger partial charge in [-0.05, 0) is 53.4 Å². The maximum atomic E-state index is 13.4. The molecule has 0 aromatic heterocycles. The van der Waals surface area contributed by atoms with Gasteiger partial charge in [-0.1, -0.05) is 42.5 Å². The van der Waals surface area contributed by atoms with Crippen molar-refractivity contribution in [2.45, 2.75) is 25.4 Å². The van der Waals surface area contributed by atoms with Crippen molar-refractivity contribution in [1.29, 1.82) is 0 Å². The highest BCUT2D eigenvalue weighted by Crippen LogP contribution is 2.28. The summed E-state index contributed by atoms with van der Waals surface area (Å²) in [6.07, 6.45) is 2.09. The van der Waals surface area contributed by atoms with Gasteiger partial charge in [0, 0.05) is 30.0 Å². The number of nitrogens with two attached hydrogens (primary N) is 1. The second-order valence-corrected chi connectivity index (χ2v) is 8.70. The molecule has 0 saturated carbocycles. The molecule has 0 aliphatic carbocycles. The van der Waals surface area contributed by atoms with Crippen LogP contribution < -0.4 is 16.5 Å². The van der Waals surface area contributed by atoms with Crippen LogP contribution in [0.2, 0.25) is 0 Å². The van der Waals surface area contributed by atoms with Crippen molar-refractivity contribution < 1.29 is 19.1 Å². The predicted molar refractivity (Wildman–Crippen MR) is 142 cm³/mol. The van der Waals surface area contributed by atoms with Gasteiger partial charge in [-0.25, -0.2) is 0 Å². The highest BCUT2D eigenvalue weighted by molar-refractivity contribution is 6.04. The van der Waals surface area contributed by atoms with E-state index in [1.807, 2.05) is 42.5 Å². The van der Waals surface area contributed by atoms with Crippen LogP contribution in [0.5, 0.6) is 0 Å². The summed E-state index contributed by atoms with van der Waals surface area (Å²) in [5, 5.41) is 9.60. The van der Waals surface area contributed by atoms with E-state index in [0.29, 0.717) is 30.8 Å². The molecule has 1 heterocycles. The second-order valence-electron chi connectivity index (χ2n) is 8.70.